The maximum Gasteiger partial charge on any atom is 0.252 e. The number of aromatic amines is 1. The van der Waals surface area contributed by atoms with Crippen LogP contribution in [0.15, 0.2) is 29.1 Å². The van der Waals surface area contributed by atoms with Gasteiger partial charge in [0.1, 0.15) is 5.75 Å². The lowest BCUT2D eigenvalue weighted by Gasteiger charge is -2.35. The Morgan fingerprint density at radius 3 is 2.64 bits per heavy atom. The monoisotopic (exact) mass is 450 g/mol. The van der Waals surface area contributed by atoms with E-state index in [9.17, 15) is 4.79 Å². The summed E-state index contributed by atoms with van der Waals surface area (Å²) < 4.78 is 7.40. The van der Waals surface area contributed by atoms with Crippen LogP contribution in [0, 0.1) is 0 Å². The summed E-state index contributed by atoms with van der Waals surface area (Å²) in [5, 5.41) is 14.0. The summed E-state index contributed by atoms with van der Waals surface area (Å²) in [5.74, 6) is 1.70. The number of pyridine rings is 1. The molecule has 8 nitrogen and oxygen atoms in total. The number of nitrogens with one attached hydrogen (secondary N) is 1. The number of hydrogen-bond acceptors (Lipinski definition) is 6. The number of hydrogen-bond donors (Lipinski definition) is 1. The molecule has 0 bridgehead atoms. The van der Waals surface area contributed by atoms with E-state index in [1.54, 1.807) is 7.11 Å². The van der Waals surface area contributed by atoms with Crippen molar-refractivity contribution < 1.29 is 4.74 Å². The Labute approximate surface area is 194 Å². The molecule has 176 valence electrons. The molecule has 0 aliphatic heterocycles. The van der Waals surface area contributed by atoms with Gasteiger partial charge in [-0.15, -0.1) is 5.10 Å². The first-order valence-corrected chi connectivity index (χ1v) is 12.4. The Balaban J connectivity index is 1.50. The molecule has 1 N–H and O–H groups in total. The fraction of sp³-hybridized carbons (Fsp3) is 0.600. The van der Waals surface area contributed by atoms with Gasteiger partial charge in [0.25, 0.3) is 5.56 Å². The van der Waals surface area contributed by atoms with E-state index in [4.69, 9.17) is 4.74 Å². The van der Waals surface area contributed by atoms with Crippen LogP contribution in [0.4, 0.5) is 0 Å². The SMILES string of the molecule is CC[C@H](c1nnnn1C1CCCC1)N(Cc1cc2ccc(OC)cc2[nH]c1=O)C1CCCC1. The molecule has 0 radical (unpaired) electrons. The molecular weight excluding hydrogens is 416 g/mol. The summed E-state index contributed by atoms with van der Waals surface area (Å²) in [6, 6.07) is 8.77. The number of aromatic nitrogens is 5. The van der Waals surface area contributed by atoms with E-state index in [0.717, 1.165) is 60.1 Å². The Kier molecular flexibility index (Phi) is 6.44. The number of rotatable bonds is 8. The third kappa shape index (κ3) is 4.40. The Bertz CT molecular complexity index is 1140. The van der Waals surface area contributed by atoms with Crippen molar-refractivity contribution in [3.63, 3.8) is 0 Å². The van der Waals surface area contributed by atoms with Gasteiger partial charge in [-0.1, -0.05) is 32.6 Å². The molecule has 3 aromatic rings. The summed E-state index contributed by atoms with van der Waals surface area (Å²) in [6.45, 7) is 2.80. The van der Waals surface area contributed by atoms with Crippen LogP contribution < -0.4 is 10.3 Å². The second-order valence-corrected chi connectivity index (χ2v) is 9.53. The van der Waals surface area contributed by atoms with E-state index in [1.165, 1.54) is 25.7 Å². The molecular formula is C25H34N6O2. The minimum Gasteiger partial charge on any atom is -0.497 e. The van der Waals surface area contributed by atoms with Gasteiger partial charge >= 0.3 is 0 Å². The molecule has 2 saturated carbocycles. The zero-order valence-electron chi connectivity index (χ0n) is 19.7. The van der Waals surface area contributed by atoms with Gasteiger partial charge < -0.3 is 9.72 Å². The molecule has 5 rings (SSSR count). The Hall–Kier alpha value is -2.74. The molecule has 1 aromatic carbocycles. The fourth-order valence-corrected chi connectivity index (χ4v) is 5.79. The zero-order chi connectivity index (χ0) is 22.8. The van der Waals surface area contributed by atoms with Crippen molar-refractivity contribution in [2.24, 2.45) is 0 Å². The van der Waals surface area contributed by atoms with Gasteiger partial charge in [-0.3, -0.25) is 9.69 Å². The highest BCUT2D eigenvalue weighted by molar-refractivity contribution is 5.80. The molecule has 2 fully saturated rings. The highest BCUT2D eigenvalue weighted by atomic mass is 16.5. The number of methoxy groups -OCH3 is 1. The molecule has 0 spiro atoms. The van der Waals surface area contributed by atoms with Crippen molar-refractivity contribution in [2.45, 2.75) is 89.4 Å². The largest absolute Gasteiger partial charge is 0.497 e. The predicted molar refractivity (Wildman–Crippen MR) is 127 cm³/mol. The Morgan fingerprint density at radius 1 is 1.15 bits per heavy atom. The molecule has 2 aromatic heterocycles. The zero-order valence-corrected chi connectivity index (χ0v) is 19.7. The van der Waals surface area contributed by atoms with E-state index in [1.807, 2.05) is 24.3 Å². The third-order valence-electron chi connectivity index (χ3n) is 7.55. The summed E-state index contributed by atoms with van der Waals surface area (Å²) >= 11 is 0. The maximum atomic E-state index is 13.1. The average Bonchev–Trinajstić information content (AvgIpc) is 3.61. The summed E-state index contributed by atoms with van der Waals surface area (Å²) in [4.78, 5) is 18.7. The van der Waals surface area contributed by atoms with E-state index in [2.05, 4.69) is 37.0 Å². The van der Waals surface area contributed by atoms with Crippen molar-refractivity contribution in [1.82, 2.24) is 30.1 Å². The highest BCUT2D eigenvalue weighted by Gasteiger charge is 2.34. The number of ether oxygens (including phenoxy) is 1. The van der Waals surface area contributed by atoms with Gasteiger partial charge in [-0.25, -0.2) is 4.68 Å². The Morgan fingerprint density at radius 2 is 1.91 bits per heavy atom. The first kappa shape index (κ1) is 22.1. The van der Waals surface area contributed by atoms with Gasteiger partial charge in [0.2, 0.25) is 0 Å². The molecule has 33 heavy (non-hydrogen) atoms. The minimum atomic E-state index is -0.0380. The number of fused-ring (bicyclic) bond motifs is 1. The molecule has 8 heteroatoms. The summed E-state index contributed by atoms with van der Waals surface area (Å²) in [6.07, 6.45) is 10.5. The maximum absolute atomic E-state index is 13.1. The van der Waals surface area contributed by atoms with Crippen molar-refractivity contribution >= 4 is 10.9 Å². The number of H-pyrrole nitrogens is 1. The van der Waals surface area contributed by atoms with Gasteiger partial charge in [0.15, 0.2) is 5.82 Å². The third-order valence-corrected chi connectivity index (χ3v) is 7.55. The standard InChI is InChI=1S/C25H34N6O2/c1-3-23(24-27-28-29-31(24)20-10-6-7-11-20)30(19-8-4-5-9-19)16-18-14-17-12-13-21(33-2)15-22(17)26-25(18)32/h12-15,19-20,23H,3-11,16H2,1-2H3,(H,26,32)/t23-/m1/s1. The minimum absolute atomic E-state index is 0.0380. The van der Waals surface area contributed by atoms with E-state index < -0.39 is 0 Å². The molecule has 2 aliphatic carbocycles. The first-order valence-electron chi connectivity index (χ1n) is 12.4. The van der Waals surface area contributed by atoms with Crippen LogP contribution in [0.3, 0.4) is 0 Å². The first-order chi connectivity index (χ1) is 16.2. The van der Waals surface area contributed by atoms with Gasteiger partial charge in [-0.05, 0) is 66.1 Å². The van der Waals surface area contributed by atoms with E-state index in [-0.39, 0.29) is 11.6 Å². The lowest BCUT2D eigenvalue weighted by molar-refractivity contribution is 0.110. The summed E-state index contributed by atoms with van der Waals surface area (Å²) in [5.41, 5.74) is 1.55. The molecule has 1 atom stereocenters. The molecule has 2 heterocycles. The molecule has 0 unspecified atom stereocenters. The van der Waals surface area contributed by atoms with E-state index in [0.29, 0.717) is 18.6 Å². The smallest absolute Gasteiger partial charge is 0.252 e. The van der Waals surface area contributed by atoms with Crippen LogP contribution in [0.2, 0.25) is 0 Å². The average molecular weight is 451 g/mol. The van der Waals surface area contributed by atoms with Crippen LogP contribution in [-0.2, 0) is 6.54 Å². The topological polar surface area (TPSA) is 88.9 Å². The summed E-state index contributed by atoms with van der Waals surface area (Å²) in [7, 11) is 1.64. The highest BCUT2D eigenvalue weighted by Crippen LogP contribution is 2.36. The lowest BCUT2D eigenvalue weighted by Crippen LogP contribution is -2.39. The lowest BCUT2D eigenvalue weighted by atomic mass is 10.0. The van der Waals surface area contributed by atoms with Crippen molar-refractivity contribution in [1.29, 1.82) is 0 Å². The number of benzene rings is 1. The normalized spacial score (nSPS) is 18.5. The molecule has 0 amide bonds. The second kappa shape index (κ2) is 9.63. The van der Waals surface area contributed by atoms with Crippen LogP contribution in [0.5, 0.6) is 5.75 Å². The number of nitrogens with zero attached hydrogens (tertiary/aromatic N) is 5. The quantitative estimate of drug-likeness (QED) is 0.542. The van der Waals surface area contributed by atoms with Crippen LogP contribution in [0.25, 0.3) is 10.9 Å². The van der Waals surface area contributed by atoms with Crippen LogP contribution in [0.1, 0.15) is 88.2 Å². The van der Waals surface area contributed by atoms with Crippen LogP contribution in [-0.4, -0.2) is 43.2 Å². The fourth-order valence-electron chi connectivity index (χ4n) is 5.79. The van der Waals surface area contributed by atoms with Crippen molar-refractivity contribution in [2.75, 3.05) is 7.11 Å². The molecule has 2 aliphatic rings. The van der Waals surface area contributed by atoms with Gasteiger partial charge in [-0.2, -0.15) is 0 Å². The van der Waals surface area contributed by atoms with Gasteiger partial charge in [0.05, 0.1) is 24.7 Å². The predicted octanol–water partition coefficient (Wildman–Crippen LogP) is 4.53. The number of tetrazole rings is 1. The van der Waals surface area contributed by atoms with Crippen LogP contribution >= 0.6 is 0 Å². The van der Waals surface area contributed by atoms with Gasteiger partial charge in [0, 0.05) is 24.2 Å². The van der Waals surface area contributed by atoms with Crippen molar-refractivity contribution in [3.8, 4) is 5.75 Å². The second-order valence-electron chi connectivity index (χ2n) is 9.53. The molecule has 0 saturated heterocycles. The van der Waals surface area contributed by atoms with Crippen molar-refractivity contribution in [3.05, 3.63) is 46.0 Å². The van der Waals surface area contributed by atoms with E-state index >= 15 is 0 Å².